The van der Waals surface area contributed by atoms with Crippen LogP contribution >= 0.6 is 0 Å². The fourth-order valence-corrected chi connectivity index (χ4v) is 3.49. The number of unbranched alkanes of at least 4 members (excludes halogenated alkanes) is 1. The Hall–Kier alpha value is -1.30. The average molecular weight is 366 g/mol. The van der Waals surface area contributed by atoms with Crippen LogP contribution in [0.5, 0.6) is 0 Å². The average Bonchev–Trinajstić information content (AvgIpc) is 3.44. The molecule has 2 aliphatic rings. The van der Waals surface area contributed by atoms with Gasteiger partial charge in [0.15, 0.2) is 5.96 Å². The molecule has 3 N–H and O–H groups in total. The van der Waals surface area contributed by atoms with E-state index in [0.29, 0.717) is 12.1 Å². The van der Waals surface area contributed by atoms with Crippen molar-refractivity contribution in [2.45, 2.75) is 77.3 Å². The first-order chi connectivity index (χ1) is 12.6. The molecule has 0 radical (unpaired) electrons. The first kappa shape index (κ1) is 21.0. The maximum absolute atomic E-state index is 12.3. The molecule has 0 aromatic rings. The number of guanidine groups is 1. The Bertz CT molecular complexity index is 449. The summed E-state index contributed by atoms with van der Waals surface area (Å²) >= 11 is 0. The molecule has 0 saturated heterocycles. The molecule has 0 spiro atoms. The van der Waals surface area contributed by atoms with E-state index in [1.807, 2.05) is 0 Å². The van der Waals surface area contributed by atoms with Crippen molar-refractivity contribution in [1.82, 2.24) is 20.9 Å². The standard InChI is InChI=1S/C20H39N5O/c1-4-6-13-25(3)14-12-22-20(21-5-2)24-18-9-7-8-16(15-18)19(26)23-17-10-11-17/h16-18H,4-15H2,1-3H3,(H,23,26)(H2,21,22,24). The predicted molar refractivity (Wildman–Crippen MR) is 108 cm³/mol. The third kappa shape index (κ3) is 7.94. The van der Waals surface area contributed by atoms with Crippen LogP contribution in [-0.2, 0) is 4.79 Å². The molecule has 6 heteroatoms. The van der Waals surface area contributed by atoms with Crippen LogP contribution in [0.25, 0.3) is 0 Å². The number of amides is 1. The molecule has 2 aliphatic carbocycles. The summed E-state index contributed by atoms with van der Waals surface area (Å²) in [6, 6.07) is 0.800. The maximum Gasteiger partial charge on any atom is 0.223 e. The number of nitrogens with zero attached hydrogens (tertiary/aromatic N) is 2. The molecule has 0 aromatic heterocycles. The van der Waals surface area contributed by atoms with E-state index >= 15 is 0 Å². The van der Waals surface area contributed by atoms with E-state index in [1.54, 1.807) is 0 Å². The maximum atomic E-state index is 12.3. The zero-order valence-electron chi connectivity index (χ0n) is 17.0. The molecule has 2 atom stereocenters. The second-order valence-electron chi connectivity index (χ2n) is 7.91. The molecule has 0 bridgehead atoms. The van der Waals surface area contributed by atoms with Gasteiger partial charge in [-0.3, -0.25) is 9.79 Å². The number of nitrogens with one attached hydrogen (secondary N) is 3. The lowest BCUT2D eigenvalue weighted by Crippen LogP contribution is -2.47. The van der Waals surface area contributed by atoms with Crippen LogP contribution in [0.1, 0.15) is 65.2 Å². The summed E-state index contributed by atoms with van der Waals surface area (Å²) in [5.74, 6) is 1.31. The molecule has 26 heavy (non-hydrogen) atoms. The van der Waals surface area contributed by atoms with Crippen molar-refractivity contribution >= 4 is 11.9 Å². The minimum absolute atomic E-state index is 0.157. The summed E-state index contributed by atoms with van der Waals surface area (Å²) in [7, 11) is 2.16. The molecule has 2 unspecified atom stereocenters. The number of hydrogen-bond donors (Lipinski definition) is 3. The number of aliphatic imine (C=N–C) groups is 1. The molecule has 1 amide bonds. The zero-order chi connectivity index (χ0) is 18.8. The molecule has 150 valence electrons. The van der Waals surface area contributed by atoms with Gasteiger partial charge >= 0.3 is 0 Å². The number of likely N-dealkylation sites (N-methyl/N-ethyl adjacent to an activating group) is 1. The van der Waals surface area contributed by atoms with Gasteiger partial charge in [-0.1, -0.05) is 19.8 Å². The Morgan fingerprint density at radius 1 is 1.08 bits per heavy atom. The summed E-state index contributed by atoms with van der Waals surface area (Å²) in [5.41, 5.74) is 0. The van der Waals surface area contributed by atoms with Gasteiger partial charge in [0.1, 0.15) is 0 Å². The molecule has 6 nitrogen and oxygen atoms in total. The number of carbonyl (C=O) groups excluding carboxylic acids is 1. The van der Waals surface area contributed by atoms with Gasteiger partial charge in [0.05, 0.1) is 6.54 Å². The third-order valence-corrected chi connectivity index (χ3v) is 5.30. The van der Waals surface area contributed by atoms with Crippen LogP contribution in [0.15, 0.2) is 4.99 Å². The van der Waals surface area contributed by atoms with E-state index in [2.05, 4.69) is 41.7 Å². The van der Waals surface area contributed by atoms with Crippen molar-refractivity contribution in [3.05, 3.63) is 0 Å². The molecule has 0 heterocycles. The summed E-state index contributed by atoms with van der Waals surface area (Å²) in [6.07, 6.45) is 8.95. The Balaban J connectivity index is 1.77. The van der Waals surface area contributed by atoms with Crippen LogP contribution in [0.4, 0.5) is 0 Å². The summed E-state index contributed by atoms with van der Waals surface area (Å²) in [5, 5.41) is 10.1. The minimum atomic E-state index is 0.157. The fourth-order valence-electron chi connectivity index (χ4n) is 3.49. The molecular formula is C20H39N5O. The lowest BCUT2D eigenvalue weighted by atomic mass is 9.85. The molecule has 0 aromatic carbocycles. The number of hydrogen-bond acceptors (Lipinski definition) is 3. The second-order valence-corrected chi connectivity index (χ2v) is 7.91. The quantitative estimate of drug-likeness (QED) is 0.410. The van der Waals surface area contributed by atoms with Crippen LogP contribution in [-0.4, -0.2) is 62.1 Å². The van der Waals surface area contributed by atoms with E-state index in [9.17, 15) is 4.79 Å². The summed E-state index contributed by atoms with van der Waals surface area (Å²) < 4.78 is 0. The number of rotatable bonds is 10. The minimum Gasteiger partial charge on any atom is -0.357 e. The van der Waals surface area contributed by atoms with Gasteiger partial charge in [-0.15, -0.1) is 0 Å². The lowest BCUT2D eigenvalue weighted by Gasteiger charge is -2.30. The molecule has 2 fully saturated rings. The van der Waals surface area contributed by atoms with Gasteiger partial charge in [-0.2, -0.15) is 0 Å². The molecule has 2 rings (SSSR count). The van der Waals surface area contributed by atoms with Crippen LogP contribution < -0.4 is 16.0 Å². The summed E-state index contributed by atoms with van der Waals surface area (Å²) in [4.78, 5) is 19.4. The Morgan fingerprint density at radius 3 is 2.58 bits per heavy atom. The highest BCUT2D eigenvalue weighted by molar-refractivity contribution is 5.81. The second kappa shape index (κ2) is 11.4. The van der Waals surface area contributed by atoms with Crippen LogP contribution in [0.3, 0.4) is 0 Å². The third-order valence-electron chi connectivity index (χ3n) is 5.30. The Kier molecular flexibility index (Phi) is 9.23. The van der Waals surface area contributed by atoms with Gasteiger partial charge in [0.2, 0.25) is 5.91 Å². The Morgan fingerprint density at radius 2 is 1.88 bits per heavy atom. The highest BCUT2D eigenvalue weighted by Crippen LogP contribution is 2.26. The van der Waals surface area contributed by atoms with Gasteiger partial charge in [-0.25, -0.2) is 0 Å². The first-order valence-electron chi connectivity index (χ1n) is 10.7. The predicted octanol–water partition coefficient (Wildman–Crippen LogP) is 2.11. The van der Waals surface area contributed by atoms with Crippen molar-refractivity contribution < 1.29 is 4.79 Å². The van der Waals surface area contributed by atoms with Gasteiger partial charge in [-0.05, 0) is 59.0 Å². The van der Waals surface area contributed by atoms with Crippen molar-refractivity contribution in [2.24, 2.45) is 10.9 Å². The topological polar surface area (TPSA) is 68.8 Å². The summed E-state index contributed by atoms with van der Waals surface area (Å²) in [6.45, 7) is 8.09. The van der Waals surface area contributed by atoms with Gasteiger partial charge < -0.3 is 20.9 Å². The van der Waals surface area contributed by atoms with Crippen LogP contribution in [0.2, 0.25) is 0 Å². The molecule has 0 aliphatic heterocycles. The lowest BCUT2D eigenvalue weighted by molar-refractivity contribution is -0.126. The van der Waals surface area contributed by atoms with E-state index in [4.69, 9.17) is 4.99 Å². The normalized spacial score (nSPS) is 23.8. The van der Waals surface area contributed by atoms with E-state index in [1.165, 1.54) is 12.8 Å². The monoisotopic (exact) mass is 365 g/mol. The van der Waals surface area contributed by atoms with E-state index < -0.39 is 0 Å². The zero-order valence-corrected chi connectivity index (χ0v) is 17.0. The van der Waals surface area contributed by atoms with Crippen LogP contribution in [0, 0.1) is 5.92 Å². The van der Waals surface area contributed by atoms with Gasteiger partial charge in [0.25, 0.3) is 0 Å². The van der Waals surface area contributed by atoms with Gasteiger partial charge in [0, 0.05) is 31.1 Å². The highest BCUT2D eigenvalue weighted by atomic mass is 16.2. The van der Waals surface area contributed by atoms with Crippen molar-refractivity contribution in [3.63, 3.8) is 0 Å². The molecular weight excluding hydrogens is 326 g/mol. The SMILES string of the molecule is CCCCN(C)CCN=C(NCC)NC1CCCC(C(=O)NC2CC2)C1. The smallest absolute Gasteiger partial charge is 0.223 e. The Labute approximate surface area is 159 Å². The highest BCUT2D eigenvalue weighted by Gasteiger charge is 2.31. The molecule has 2 saturated carbocycles. The van der Waals surface area contributed by atoms with E-state index in [-0.39, 0.29) is 11.8 Å². The fraction of sp³-hybridized carbons (Fsp3) is 0.900. The number of carbonyl (C=O) groups is 1. The largest absolute Gasteiger partial charge is 0.357 e. The van der Waals surface area contributed by atoms with E-state index in [0.717, 1.165) is 70.7 Å². The first-order valence-corrected chi connectivity index (χ1v) is 10.7. The van der Waals surface area contributed by atoms with Crippen molar-refractivity contribution in [3.8, 4) is 0 Å². The van der Waals surface area contributed by atoms with Crippen molar-refractivity contribution in [2.75, 3.05) is 33.2 Å². The van der Waals surface area contributed by atoms with Crippen molar-refractivity contribution in [1.29, 1.82) is 0 Å².